The van der Waals surface area contributed by atoms with E-state index in [0.29, 0.717) is 76.6 Å². The van der Waals surface area contributed by atoms with Crippen molar-refractivity contribution in [3.8, 4) is 0 Å². The Morgan fingerprint density at radius 2 is 1.75 bits per heavy atom. The number of aromatic nitrogens is 1. The van der Waals surface area contributed by atoms with Gasteiger partial charge in [0.1, 0.15) is 11.9 Å². The molecule has 4 heterocycles. The second-order valence-corrected chi connectivity index (χ2v) is 12.3. The van der Waals surface area contributed by atoms with Gasteiger partial charge in [-0.25, -0.2) is 4.98 Å². The monoisotopic (exact) mass is 592 g/mol. The second-order valence-electron chi connectivity index (χ2n) is 12.3. The van der Waals surface area contributed by atoms with E-state index in [0.717, 1.165) is 27.8 Å². The normalized spacial score (nSPS) is 26.3. The van der Waals surface area contributed by atoms with Gasteiger partial charge in [0.2, 0.25) is 11.8 Å². The van der Waals surface area contributed by atoms with Crippen LogP contribution in [-0.4, -0.2) is 73.2 Å². The Labute approximate surface area is 256 Å². The Hall–Kier alpha value is -4.34. The predicted molar refractivity (Wildman–Crippen MR) is 165 cm³/mol. The van der Waals surface area contributed by atoms with Crippen molar-refractivity contribution in [3.05, 3.63) is 100 Å². The molecule has 3 aliphatic heterocycles. The molecule has 2 aromatic carbocycles. The van der Waals surface area contributed by atoms with Crippen molar-refractivity contribution in [2.24, 2.45) is 0 Å². The molecule has 226 valence electrons. The third kappa shape index (κ3) is 5.65. The summed E-state index contributed by atoms with van der Waals surface area (Å²) < 4.78 is 11.5. The third-order valence-corrected chi connectivity index (χ3v) is 9.31. The molecule has 0 radical (unpaired) electrons. The lowest BCUT2D eigenvalue weighted by Gasteiger charge is -2.38. The lowest BCUT2D eigenvalue weighted by Crippen LogP contribution is -2.55. The van der Waals surface area contributed by atoms with Gasteiger partial charge in [0.05, 0.1) is 26.4 Å². The Bertz CT molecular complexity index is 1620. The number of nitrogens with zero attached hydrogens (tertiary/aromatic N) is 2. The zero-order chi connectivity index (χ0) is 30.1. The van der Waals surface area contributed by atoms with Crippen molar-refractivity contribution in [2.75, 3.05) is 44.8 Å². The van der Waals surface area contributed by atoms with Crippen LogP contribution in [-0.2, 0) is 37.3 Å². The van der Waals surface area contributed by atoms with Crippen LogP contribution in [0.1, 0.15) is 56.9 Å². The van der Waals surface area contributed by atoms with Crippen LogP contribution in [0.3, 0.4) is 0 Å². The third-order valence-electron chi connectivity index (χ3n) is 9.31. The highest BCUT2D eigenvalue weighted by Crippen LogP contribution is 2.47. The quantitative estimate of drug-likeness (QED) is 0.447. The number of amides is 3. The van der Waals surface area contributed by atoms with E-state index >= 15 is 0 Å². The first kappa shape index (κ1) is 28.4. The number of benzene rings is 2. The number of ether oxygens (including phenoxy) is 2. The van der Waals surface area contributed by atoms with E-state index in [1.165, 1.54) is 0 Å². The highest BCUT2D eigenvalue weighted by molar-refractivity contribution is 5.98. The van der Waals surface area contributed by atoms with Gasteiger partial charge >= 0.3 is 0 Å². The largest absolute Gasteiger partial charge is 0.377 e. The van der Waals surface area contributed by atoms with E-state index in [1.807, 2.05) is 53.5 Å². The molecule has 2 unspecified atom stereocenters. The first-order valence-corrected chi connectivity index (χ1v) is 15.4. The van der Waals surface area contributed by atoms with E-state index in [2.05, 4.69) is 33.8 Å². The zero-order valence-corrected chi connectivity index (χ0v) is 24.6. The maximum atomic E-state index is 13.6. The highest BCUT2D eigenvalue weighted by atomic mass is 16.5. The molecule has 3 aromatic rings. The van der Waals surface area contributed by atoms with Gasteiger partial charge in [-0.15, -0.1) is 0 Å². The van der Waals surface area contributed by atoms with Gasteiger partial charge in [0.25, 0.3) is 5.91 Å². The zero-order valence-electron chi connectivity index (χ0n) is 24.6. The molecular weight excluding hydrogens is 556 g/mol. The van der Waals surface area contributed by atoms with Crippen LogP contribution in [0.4, 0.5) is 5.82 Å². The van der Waals surface area contributed by atoms with Crippen molar-refractivity contribution in [1.82, 2.24) is 15.2 Å². The molecule has 3 atom stereocenters. The summed E-state index contributed by atoms with van der Waals surface area (Å²) in [4.78, 5) is 46.5. The van der Waals surface area contributed by atoms with Gasteiger partial charge in [-0.3, -0.25) is 14.4 Å². The summed E-state index contributed by atoms with van der Waals surface area (Å²) in [7, 11) is 0. The van der Waals surface area contributed by atoms with Crippen LogP contribution in [0.15, 0.2) is 66.9 Å². The number of hydrogen-bond acceptors (Lipinski definition) is 6. The topological polar surface area (TPSA) is 110 Å². The Balaban J connectivity index is 1.20. The minimum absolute atomic E-state index is 0.0514. The molecule has 1 saturated heterocycles. The van der Waals surface area contributed by atoms with Crippen molar-refractivity contribution in [1.29, 1.82) is 0 Å². The summed E-state index contributed by atoms with van der Waals surface area (Å²) in [5.41, 5.74) is 5.35. The molecule has 1 fully saturated rings. The number of hydrogen-bond donors (Lipinski definition) is 2. The minimum Gasteiger partial charge on any atom is -0.377 e. The van der Waals surface area contributed by atoms with Gasteiger partial charge in [-0.05, 0) is 59.7 Å². The van der Waals surface area contributed by atoms with Gasteiger partial charge in [0, 0.05) is 48.2 Å². The number of rotatable bonds is 1. The average Bonchev–Trinajstić information content (AvgIpc) is 3.39. The summed E-state index contributed by atoms with van der Waals surface area (Å²) in [6, 6.07) is 17.4. The van der Waals surface area contributed by atoms with E-state index in [4.69, 9.17) is 9.47 Å². The van der Waals surface area contributed by atoms with Gasteiger partial charge in [0.15, 0.2) is 0 Å². The number of fused-ring (bicyclic) bond motifs is 4. The molecule has 0 saturated carbocycles. The number of piperidine rings is 1. The SMILES string of the molecule is O=C1C[C@]23Cc4ccc(cc4C2)C(=O)NC2CC(c4ccccc4)CN(CCOCCOC/C=C/c4cnc(c3c4)N1)C2=O. The molecule has 1 aliphatic carbocycles. The van der Waals surface area contributed by atoms with Crippen LogP contribution >= 0.6 is 0 Å². The predicted octanol–water partition coefficient (Wildman–Crippen LogP) is 3.63. The summed E-state index contributed by atoms with van der Waals surface area (Å²) in [6.45, 7) is 2.68. The molecule has 44 heavy (non-hydrogen) atoms. The molecule has 1 aromatic heterocycles. The van der Waals surface area contributed by atoms with E-state index in [1.54, 1.807) is 6.20 Å². The molecule has 1 spiro atoms. The van der Waals surface area contributed by atoms with Gasteiger partial charge < -0.3 is 25.0 Å². The van der Waals surface area contributed by atoms with E-state index < -0.39 is 11.5 Å². The molecular formula is C35H36N4O5. The molecule has 7 rings (SSSR count). The van der Waals surface area contributed by atoms with Crippen LogP contribution in [0.25, 0.3) is 6.08 Å². The number of nitrogens with one attached hydrogen (secondary N) is 2. The molecule has 2 N–H and O–H groups in total. The van der Waals surface area contributed by atoms with Crippen LogP contribution in [0, 0.1) is 0 Å². The Kier molecular flexibility index (Phi) is 7.74. The average molecular weight is 593 g/mol. The van der Waals surface area contributed by atoms with Crippen LogP contribution in [0.5, 0.6) is 0 Å². The van der Waals surface area contributed by atoms with Gasteiger partial charge in [-0.1, -0.05) is 48.6 Å². The van der Waals surface area contributed by atoms with Crippen molar-refractivity contribution >= 4 is 29.6 Å². The summed E-state index contributed by atoms with van der Waals surface area (Å²) >= 11 is 0. The molecule has 7 bridgehead atoms. The molecule has 4 aliphatic rings. The minimum atomic E-state index is -0.646. The maximum absolute atomic E-state index is 13.6. The number of anilines is 1. The fourth-order valence-corrected chi connectivity index (χ4v) is 7.16. The molecule has 3 amide bonds. The maximum Gasteiger partial charge on any atom is 0.251 e. The lowest BCUT2D eigenvalue weighted by molar-refractivity contribution is -0.137. The van der Waals surface area contributed by atoms with Crippen LogP contribution < -0.4 is 10.6 Å². The highest BCUT2D eigenvalue weighted by Gasteiger charge is 2.45. The Morgan fingerprint density at radius 1 is 0.909 bits per heavy atom. The summed E-state index contributed by atoms with van der Waals surface area (Å²) in [6.07, 6.45) is 7.90. The van der Waals surface area contributed by atoms with E-state index in [-0.39, 0.29) is 23.6 Å². The molecule has 9 heteroatoms. The lowest BCUT2D eigenvalue weighted by atomic mass is 9.73. The number of pyridine rings is 1. The summed E-state index contributed by atoms with van der Waals surface area (Å²) in [5.74, 6) is 0.277. The van der Waals surface area contributed by atoms with Crippen molar-refractivity contribution in [2.45, 2.75) is 43.1 Å². The Morgan fingerprint density at radius 3 is 2.64 bits per heavy atom. The molecule has 9 nitrogen and oxygen atoms in total. The fraction of sp³-hybridized carbons (Fsp3) is 0.371. The van der Waals surface area contributed by atoms with Crippen LogP contribution in [0.2, 0.25) is 0 Å². The number of carbonyl (C=O) groups is 3. The van der Waals surface area contributed by atoms with E-state index in [9.17, 15) is 14.4 Å². The standard InChI is InChI=1S/C35H36N4O5/c40-31-20-35-18-26-9-8-25(16-27(26)19-35)33(41)37-30-17-28(24-6-2-1-3-7-24)22-39(34(30)42)10-12-44-14-13-43-11-4-5-23-15-29(35)32(38-31)36-21-23/h1-9,15-16,21,28,30H,10-14,17-20,22H2,(H,37,41)(H,36,38,40)/b5-4+/t28?,30?,35-/m0/s1. The first-order chi connectivity index (χ1) is 21.5. The second kappa shape index (κ2) is 12.0. The van der Waals surface area contributed by atoms with Crippen molar-refractivity contribution in [3.63, 3.8) is 0 Å². The first-order valence-electron chi connectivity index (χ1n) is 15.4. The fourth-order valence-electron chi connectivity index (χ4n) is 7.16. The summed E-state index contributed by atoms with van der Waals surface area (Å²) in [5, 5.41) is 6.01. The number of carbonyl (C=O) groups excluding carboxylic acids is 3. The smallest absolute Gasteiger partial charge is 0.251 e. The van der Waals surface area contributed by atoms with Crippen molar-refractivity contribution < 1.29 is 23.9 Å². The van der Waals surface area contributed by atoms with Gasteiger partial charge in [-0.2, -0.15) is 0 Å².